The quantitative estimate of drug-likeness (QED) is 0.901. The van der Waals surface area contributed by atoms with E-state index in [4.69, 9.17) is 5.73 Å². The van der Waals surface area contributed by atoms with E-state index in [1.54, 1.807) is 0 Å². The number of carbonyl (C=O) groups is 1. The fraction of sp³-hybridized carbons (Fsp3) is 0.357. The van der Waals surface area contributed by atoms with Crippen molar-refractivity contribution >= 4 is 42.9 Å². The number of hydrogen-bond donors (Lipinski definition) is 2. The van der Waals surface area contributed by atoms with Gasteiger partial charge in [0.1, 0.15) is 4.88 Å². The summed E-state index contributed by atoms with van der Waals surface area (Å²) in [4.78, 5) is 12.7. The molecule has 1 aliphatic heterocycles. The van der Waals surface area contributed by atoms with Gasteiger partial charge < -0.3 is 11.1 Å². The van der Waals surface area contributed by atoms with Gasteiger partial charge in [-0.25, -0.2) is 8.42 Å². The SMILES string of the molecule is Nc1c(C(=O)NCC2CCCS2(=O)=O)sc2ccccc12. The molecule has 1 aromatic carbocycles. The highest BCUT2D eigenvalue weighted by Crippen LogP contribution is 2.33. The van der Waals surface area contributed by atoms with Gasteiger partial charge in [-0.3, -0.25) is 4.79 Å². The van der Waals surface area contributed by atoms with Crippen molar-refractivity contribution in [3.05, 3.63) is 29.1 Å². The molecule has 7 heteroatoms. The summed E-state index contributed by atoms with van der Waals surface area (Å²) >= 11 is 1.33. The minimum atomic E-state index is -3.04. The van der Waals surface area contributed by atoms with Gasteiger partial charge >= 0.3 is 0 Å². The molecule has 1 unspecified atom stereocenters. The molecule has 0 aliphatic carbocycles. The maximum atomic E-state index is 12.2. The first-order valence-electron chi connectivity index (χ1n) is 6.76. The molecule has 0 bridgehead atoms. The predicted octanol–water partition coefficient (Wildman–Crippen LogP) is 1.79. The number of anilines is 1. The molecule has 0 spiro atoms. The first-order valence-corrected chi connectivity index (χ1v) is 9.29. The zero-order valence-corrected chi connectivity index (χ0v) is 13.0. The maximum Gasteiger partial charge on any atom is 0.263 e. The molecular weight excluding hydrogens is 308 g/mol. The molecule has 1 aliphatic rings. The van der Waals surface area contributed by atoms with E-state index in [0.717, 1.165) is 10.1 Å². The fourth-order valence-corrected chi connectivity index (χ4v) is 5.41. The van der Waals surface area contributed by atoms with Crippen molar-refractivity contribution in [1.29, 1.82) is 0 Å². The Morgan fingerprint density at radius 2 is 2.14 bits per heavy atom. The van der Waals surface area contributed by atoms with Crippen LogP contribution in [0.25, 0.3) is 10.1 Å². The summed E-state index contributed by atoms with van der Waals surface area (Å²) in [6, 6.07) is 7.55. The molecule has 1 fully saturated rings. The van der Waals surface area contributed by atoms with E-state index in [1.807, 2.05) is 24.3 Å². The third-order valence-electron chi connectivity index (χ3n) is 3.79. The Morgan fingerprint density at radius 1 is 1.38 bits per heavy atom. The predicted molar refractivity (Wildman–Crippen MR) is 85.4 cm³/mol. The normalized spacial score (nSPS) is 20.7. The average Bonchev–Trinajstić information content (AvgIpc) is 2.97. The van der Waals surface area contributed by atoms with Crippen LogP contribution in [0.2, 0.25) is 0 Å². The molecule has 1 aromatic heterocycles. The Hall–Kier alpha value is -1.60. The van der Waals surface area contributed by atoms with Crippen LogP contribution in [0.4, 0.5) is 5.69 Å². The molecule has 21 heavy (non-hydrogen) atoms. The molecule has 112 valence electrons. The van der Waals surface area contributed by atoms with E-state index in [9.17, 15) is 13.2 Å². The van der Waals surface area contributed by atoms with E-state index in [2.05, 4.69) is 5.32 Å². The summed E-state index contributed by atoms with van der Waals surface area (Å²) in [7, 11) is -3.04. The molecule has 1 atom stereocenters. The van der Waals surface area contributed by atoms with Gasteiger partial charge in [0.25, 0.3) is 5.91 Å². The lowest BCUT2D eigenvalue weighted by Gasteiger charge is -2.10. The van der Waals surface area contributed by atoms with Crippen molar-refractivity contribution in [3.63, 3.8) is 0 Å². The van der Waals surface area contributed by atoms with Gasteiger partial charge in [0, 0.05) is 16.6 Å². The van der Waals surface area contributed by atoms with Gasteiger partial charge in [-0.15, -0.1) is 11.3 Å². The van der Waals surface area contributed by atoms with Gasteiger partial charge in [-0.2, -0.15) is 0 Å². The van der Waals surface area contributed by atoms with Gasteiger partial charge in [0.2, 0.25) is 0 Å². The van der Waals surface area contributed by atoms with Crippen LogP contribution in [0.3, 0.4) is 0 Å². The van der Waals surface area contributed by atoms with Gasteiger partial charge in [0.15, 0.2) is 9.84 Å². The lowest BCUT2D eigenvalue weighted by atomic mass is 10.2. The van der Waals surface area contributed by atoms with Crippen LogP contribution in [0, 0.1) is 0 Å². The zero-order valence-electron chi connectivity index (χ0n) is 11.3. The summed E-state index contributed by atoms with van der Waals surface area (Å²) in [6.45, 7) is 0.162. The number of amides is 1. The van der Waals surface area contributed by atoms with Crippen molar-refractivity contribution in [3.8, 4) is 0 Å². The number of benzene rings is 1. The van der Waals surface area contributed by atoms with Crippen molar-refractivity contribution in [1.82, 2.24) is 5.32 Å². The Bertz CT molecular complexity index is 796. The molecule has 3 rings (SSSR count). The maximum absolute atomic E-state index is 12.2. The van der Waals surface area contributed by atoms with Crippen LogP contribution < -0.4 is 11.1 Å². The molecular formula is C14H16N2O3S2. The molecule has 5 nitrogen and oxygen atoms in total. The number of thiophene rings is 1. The number of nitrogen functional groups attached to an aromatic ring is 1. The van der Waals surface area contributed by atoms with E-state index in [-0.39, 0.29) is 18.2 Å². The second-order valence-electron chi connectivity index (χ2n) is 5.18. The number of nitrogens with one attached hydrogen (secondary N) is 1. The Labute approximate surface area is 127 Å². The Balaban J connectivity index is 1.77. The average molecular weight is 324 g/mol. The first-order chi connectivity index (χ1) is 9.99. The number of hydrogen-bond acceptors (Lipinski definition) is 5. The van der Waals surface area contributed by atoms with Crippen LogP contribution in [-0.4, -0.2) is 31.9 Å². The number of carbonyl (C=O) groups excluding carboxylic acids is 1. The summed E-state index contributed by atoms with van der Waals surface area (Å²) in [5.74, 6) is -0.0748. The minimum absolute atomic E-state index is 0.162. The molecule has 2 aromatic rings. The van der Waals surface area contributed by atoms with E-state index < -0.39 is 15.1 Å². The van der Waals surface area contributed by atoms with Crippen molar-refractivity contribution in [2.45, 2.75) is 18.1 Å². The highest BCUT2D eigenvalue weighted by molar-refractivity contribution is 7.92. The molecule has 0 saturated carbocycles. The second-order valence-corrected chi connectivity index (χ2v) is 8.64. The van der Waals surface area contributed by atoms with Gasteiger partial charge in [-0.1, -0.05) is 18.2 Å². The largest absolute Gasteiger partial charge is 0.397 e. The molecule has 1 saturated heterocycles. The van der Waals surface area contributed by atoms with Crippen LogP contribution in [0.15, 0.2) is 24.3 Å². The minimum Gasteiger partial charge on any atom is -0.397 e. The monoisotopic (exact) mass is 324 g/mol. The summed E-state index contributed by atoms with van der Waals surface area (Å²) in [6.07, 6.45) is 1.29. The lowest BCUT2D eigenvalue weighted by Crippen LogP contribution is -2.34. The molecule has 1 amide bonds. The Morgan fingerprint density at radius 3 is 2.81 bits per heavy atom. The van der Waals surface area contributed by atoms with Crippen molar-refractivity contribution in [2.75, 3.05) is 18.0 Å². The third kappa shape index (κ3) is 2.63. The Kier molecular flexibility index (Phi) is 3.62. The molecule has 0 radical (unpaired) electrons. The summed E-state index contributed by atoms with van der Waals surface area (Å²) < 4.78 is 24.4. The topological polar surface area (TPSA) is 89.3 Å². The zero-order chi connectivity index (χ0) is 15.0. The van der Waals surface area contributed by atoms with Gasteiger partial charge in [-0.05, 0) is 18.9 Å². The highest BCUT2D eigenvalue weighted by atomic mass is 32.2. The molecule has 2 heterocycles. The van der Waals surface area contributed by atoms with E-state index in [0.29, 0.717) is 23.4 Å². The number of fused-ring (bicyclic) bond motifs is 1. The summed E-state index contributed by atoms with van der Waals surface area (Å²) in [5, 5.41) is 3.11. The molecule has 3 N–H and O–H groups in total. The standard InChI is InChI=1S/C14H16N2O3S2/c15-12-10-5-1-2-6-11(10)20-13(12)14(17)16-8-9-4-3-7-21(9,18)19/h1-2,5-6,9H,3-4,7-8,15H2,(H,16,17). The van der Waals surface area contributed by atoms with Crippen LogP contribution in [0.1, 0.15) is 22.5 Å². The van der Waals surface area contributed by atoms with Crippen molar-refractivity contribution in [2.24, 2.45) is 0 Å². The fourth-order valence-electron chi connectivity index (χ4n) is 2.61. The van der Waals surface area contributed by atoms with E-state index >= 15 is 0 Å². The second kappa shape index (κ2) is 5.31. The van der Waals surface area contributed by atoms with E-state index in [1.165, 1.54) is 11.3 Å². The van der Waals surface area contributed by atoms with Crippen molar-refractivity contribution < 1.29 is 13.2 Å². The smallest absolute Gasteiger partial charge is 0.263 e. The first kappa shape index (κ1) is 14.3. The number of sulfone groups is 1. The summed E-state index contributed by atoms with van der Waals surface area (Å²) in [5.41, 5.74) is 6.47. The van der Waals surface area contributed by atoms with Gasteiger partial charge in [0.05, 0.1) is 16.7 Å². The van der Waals surface area contributed by atoms with Crippen LogP contribution in [0.5, 0.6) is 0 Å². The van der Waals surface area contributed by atoms with Crippen LogP contribution >= 0.6 is 11.3 Å². The van der Waals surface area contributed by atoms with Crippen LogP contribution in [-0.2, 0) is 9.84 Å². The number of rotatable bonds is 3. The highest BCUT2D eigenvalue weighted by Gasteiger charge is 2.31. The third-order valence-corrected chi connectivity index (χ3v) is 7.25. The lowest BCUT2D eigenvalue weighted by molar-refractivity contribution is 0.0958. The number of nitrogens with two attached hydrogens (primary N) is 1.